The van der Waals surface area contributed by atoms with Crippen molar-refractivity contribution in [2.75, 3.05) is 18.9 Å². The zero-order valence-corrected chi connectivity index (χ0v) is 12.6. The number of hydrogen-bond acceptors (Lipinski definition) is 3. The molecule has 2 amide bonds. The van der Waals surface area contributed by atoms with Gasteiger partial charge in [0.05, 0.1) is 0 Å². The van der Waals surface area contributed by atoms with E-state index in [1.807, 2.05) is 31.2 Å². The number of rotatable bonds is 5. The van der Waals surface area contributed by atoms with Gasteiger partial charge in [-0.05, 0) is 31.4 Å². The van der Waals surface area contributed by atoms with E-state index >= 15 is 0 Å². The first kappa shape index (κ1) is 15.5. The van der Waals surface area contributed by atoms with Crippen molar-refractivity contribution in [3.8, 4) is 0 Å². The molecule has 2 unspecified atom stereocenters. The lowest BCUT2D eigenvalue weighted by Gasteiger charge is -2.27. The van der Waals surface area contributed by atoms with Gasteiger partial charge in [-0.2, -0.15) is 0 Å². The summed E-state index contributed by atoms with van der Waals surface area (Å²) in [5.41, 5.74) is 7.59. The Balaban J connectivity index is 1.92. The molecule has 1 heterocycles. The van der Waals surface area contributed by atoms with E-state index in [0.29, 0.717) is 25.8 Å². The van der Waals surface area contributed by atoms with Crippen LogP contribution in [-0.4, -0.2) is 36.3 Å². The van der Waals surface area contributed by atoms with Gasteiger partial charge < -0.3 is 16.0 Å². The number of nitrogens with one attached hydrogen (secondary N) is 1. The SMILES string of the molecule is CC(CN)N(C)C(=O)CCC1Cc2ccccc2NC1=O. The fraction of sp³-hybridized carbons (Fsp3) is 0.500. The lowest BCUT2D eigenvalue weighted by atomic mass is 9.89. The Bertz CT molecular complexity index is 530. The van der Waals surface area contributed by atoms with Crippen molar-refractivity contribution in [3.63, 3.8) is 0 Å². The lowest BCUT2D eigenvalue weighted by Crippen LogP contribution is -2.40. The van der Waals surface area contributed by atoms with Gasteiger partial charge in [0.15, 0.2) is 0 Å². The van der Waals surface area contributed by atoms with Crippen molar-refractivity contribution in [2.45, 2.75) is 32.2 Å². The molecule has 1 aromatic rings. The Morgan fingerprint density at radius 2 is 2.19 bits per heavy atom. The highest BCUT2D eigenvalue weighted by Crippen LogP contribution is 2.27. The average molecular weight is 289 g/mol. The van der Waals surface area contributed by atoms with E-state index in [4.69, 9.17) is 5.73 Å². The zero-order chi connectivity index (χ0) is 15.4. The minimum atomic E-state index is -0.134. The lowest BCUT2D eigenvalue weighted by molar-refractivity contribution is -0.132. The van der Waals surface area contributed by atoms with Gasteiger partial charge >= 0.3 is 0 Å². The van der Waals surface area contributed by atoms with E-state index in [0.717, 1.165) is 11.3 Å². The van der Waals surface area contributed by atoms with Gasteiger partial charge in [-0.25, -0.2) is 0 Å². The van der Waals surface area contributed by atoms with Crippen LogP contribution in [0.15, 0.2) is 24.3 Å². The first-order valence-electron chi connectivity index (χ1n) is 7.37. The topological polar surface area (TPSA) is 75.4 Å². The molecule has 1 aliphatic rings. The molecule has 114 valence electrons. The Kier molecular flexibility index (Phi) is 4.96. The van der Waals surface area contributed by atoms with Crippen LogP contribution in [0.25, 0.3) is 0 Å². The van der Waals surface area contributed by atoms with Crippen LogP contribution in [-0.2, 0) is 16.0 Å². The molecule has 0 saturated carbocycles. The van der Waals surface area contributed by atoms with Crippen LogP contribution in [0.3, 0.4) is 0 Å². The van der Waals surface area contributed by atoms with Crippen molar-refractivity contribution in [2.24, 2.45) is 11.7 Å². The first-order chi connectivity index (χ1) is 10.0. The molecule has 2 atom stereocenters. The second kappa shape index (κ2) is 6.72. The van der Waals surface area contributed by atoms with Crippen LogP contribution in [0, 0.1) is 5.92 Å². The molecule has 5 heteroatoms. The standard InChI is InChI=1S/C16H23N3O2/c1-11(10-17)19(2)15(20)8-7-13-9-12-5-3-4-6-14(12)18-16(13)21/h3-6,11,13H,7-10,17H2,1-2H3,(H,18,21). The number of hydrogen-bond donors (Lipinski definition) is 2. The second-order valence-corrected chi connectivity index (χ2v) is 5.68. The molecule has 1 aromatic carbocycles. The van der Waals surface area contributed by atoms with Gasteiger partial charge in [-0.15, -0.1) is 0 Å². The van der Waals surface area contributed by atoms with Gasteiger partial charge in [0.1, 0.15) is 0 Å². The molecule has 3 N–H and O–H groups in total. The minimum Gasteiger partial charge on any atom is -0.342 e. The smallest absolute Gasteiger partial charge is 0.227 e. The Morgan fingerprint density at radius 1 is 1.48 bits per heavy atom. The third kappa shape index (κ3) is 3.61. The van der Waals surface area contributed by atoms with Gasteiger partial charge in [0.2, 0.25) is 11.8 Å². The molecular weight excluding hydrogens is 266 g/mol. The fourth-order valence-electron chi connectivity index (χ4n) is 2.52. The highest BCUT2D eigenvalue weighted by molar-refractivity contribution is 5.96. The number of carbonyl (C=O) groups excluding carboxylic acids is 2. The molecule has 0 aromatic heterocycles. The predicted molar refractivity (Wildman–Crippen MR) is 82.8 cm³/mol. The molecule has 21 heavy (non-hydrogen) atoms. The van der Waals surface area contributed by atoms with Crippen molar-refractivity contribution >= 4 is 17.5 Å². The van der Waals surface area contributed by atoms with Crippen LogP contribution in [0.1, 0.15) is 25.3 Å². The predicted octanol–water partition coefficient (Wildman–Crippen LogP) is 1.38. The highest BCUT2D eigenvalue weighted by Gasteiger charge is 2.27. The molecular formula is C16H23N3O2. The zero-order valence-electron chi connectivity index (χ0n) is 12.6. The quantitative estimate of drug-likeness (QED) is 0.860. The fourth-order valence-corrected chi connectivity index (χ4v) is 2.52. The van der Waals surface area contributed by atoms with E-state index in [1.54, 1.807) is 11.9 Å². The maximum Gasteiger partial charge on any atom is 0.227 e. The summed E-state index contributed by atoms with van der Waals surface area (Å²) in [5, 5.41) is 2.91. The number of nitrogens with two attached hydrogens (primary N) is 1. The third-order valence-electron chi connectivity index (χ3n) is 4.21. The van der Waals surface area contributed by atoms with Crippen molar-refractivity contribution < 1.29 is 9.59 Å². The summed E-state index contributed by atoms with van der Waals surface area (Å²) >= 11 is 0. The molecule has 0 saturated heterocycles. The minimum absolute atomic E-state index is 0.0102. The molecule has 0 fully saturated rings. The van der Waals surface area contributed by atoms with E-state index in [9.17, 15) is 9.59 Å². The molecule has 0 aliphatic carbocycles. The highest BCUT2D eigenvalue weighted by atomic mass is 16.2. The largest absolute Gasteiger partial charge is 0.342 e. The number of likely N-dealkylation sites (N-methyl/N-ethyl adjacent to an activating group) is 1. The van der Waals surface area contributed by atoms with E-state index in [-0.39, 0.29) is 23.8 Å². The molecule has 2 rings (SSSR count). The molecule has 1 aliphatic heterocycles. The maximum absolute atomic E-state index is 12.1. The number of benzene rings is 1. The van der Waals surface area contributed by atoms with Crippen molar-refractivity contribution in [1.82, 2.24) is 4.90 Å². The molecule has 0 radical (unpaired) electrons. The van der Waals surface area contributed by atoms with Crippen LogP contribution in [0.2, 0.25) is 0 Å². The summed E-state index contributed by atoms with van der Waals surface area (Å²) in [6.07, 6.45) is 1.65. The summed E-state index contributed by atoms with van der Waals surface area (Å²) in [7, 11) is 1.76. The van der Waals surface area contributed by atoms with Gasteiger partial charge in [-0.3, -0.25) is 9.59 Å². The average Bonchev–Trinajstić information content (AvgIpc) is 2.50. The van der Waals surface area contributed by atoms with Gasteiger partial charge in [0, 0.05) is 37.7 Å². The second-order valence-electron chi connectivity index (χ2n) is 5.68. The number of nitrogens with zero attached hydrogens (tertiary/aromatic N) is 1. The van der Waals surface area contributed by atoms with E-state index in [2.05, 4.69) is 5.32 Å². The summed E-state index contributed by atoms with van der Waals surface area (Å²) in [6.45, 7) is 2.36. The van der Waals surface area contributed by atoms with Crippen LogP contribution >= 0.6 is 0 Å². The summed E-state index contributed by atoms with van der Waals surface area (Å²) in [6, 6.07) is 7.83. The monoisotopic (exact) mass is 289 g/mol. The van der Waals surface area contributed by atoms with Crippen molar-refractivity contribution in [3.05, 3.63) is 29.8 Å². The Morgan fingerprint density at radius 3 is 2.90 bits per heavy atom. The van der Waals surface area contributed by atoms with E-state index < -0.39 is 0 Å². The number of fused-ring (bicyclic) bond motifs is 1. The van der Waals surface area contributed by atoms with Gasteiger partial charge in [-0.1, -0.05) is 18.2 Å². The number of amides is 2. The molecule has 5 nitrogen and oxygen atoms in total. The number of para-hydroxylation sites is 1. The number of carbonyl (C=O) groups is 2. The Hall–Kier alpha value is -1.88. The third-order valence-corrected chi connectivity index (χ3v) is 4.21. The van der Waals surface area contributed by atoms with Crippen LogP contribution in [0.5, 0.6) is 0 Å². The normalized spacial score (nSPS) is 18.6. The van der Waals surface area contributed by atoms with E-state index in [1.165, 1.54) is 0 Å². The summed E-state index contributed by atoms with van der Waals surface area (Å²) in [5.74, 6) is -0.0823. The number of anilines is 1. The van der Waals surface area contributed by atoms with Crippen LogP contribution < -0.4 is 11.1 Å². The molecule has 0 spiro atoms. The summed E-state index contributed by atoms with van der Waals surface area (Å²) in [4.78, 5) is 25.8. The van der Waals surface area contributed by atoms with Gasteiger partial charge in [0.25, 0.3) is 0 Å². The maximum atomic E-state index is 12.1. The Labute approximate surface area is 125 Å². The summed E-state index contributed by atoms with van der Waals surface area (Å²) < 4.78 is 0. The first-order valence-corrected chi connectivity index (χ1v) is 7.37. The van der Waals surface area contributed by atoms with Crippen LogP contribution in [0.4, 0.5) is 5.69 Å². The molecule has 0 bridgehead atoms. The van der Waals surface area contributed by atoms with Crippen molar-refractivity contribution in [1.29, 1.82) is 0 Å².